The third-order valence-corrected chi connectivity index (χ3v) is 3.95. The molecular formula is C18H16ClF3N2O3. The summed E-state index contributed by atoms with van der Waals surface area (Å²) in [6.45, 7) is 0. The monoisotopic (exact) mass is 400 g/mol. The van der Waals surface area contributed by atoms with E-state index in [0.29, 0.717) is 0 Å². The van der Waals surface area contributed by atoms with Gasteiger partial charge < -0.3 is 15.4 Å². The van der Waals surface area contributed by atoms with E-state index in [9.17, 15) is 22.8 Å². The molecule has 0 aromatic heterocycles. The molecule has 0 radical (unpaired) electrons. The van der Waals surface area contributed by atoms with E-state index in [4.69, 9.17) is 11.6 Å². The van der Waals surface area contributed by atoms with Crippen LogP contribution in [0.15, 0.2) is 48.5 Å². The number of rotatable bonds is 5. The second-order valence-corrected chi connectivity index (χ2v) is 5.97. The van der Waals surface area contributed by atoms with Gasteiger partial charge in [0.1, 0.15) is 6.04 Å². The lowest BCUT2D eigenvalue weighted by Gasteiger charge is -2.18. The maximum Gasteiger partial charge on any atom is 0.417 e. The van der Waals surface area contributed by atoms with Crippen LogP contribution in [0.3, 0.4) is 0 Å². The number of methoxy groups -OCH3 is 1. The minimum absolute atomic E-state index is 0.0959. The van der Waals surface area contributed by atoms with Gasteiger partial charge in [0.2, 0.25) is 5.91 Å². The Hall–Kier alpha value is -2.74. The SMILES string of the molecule is COC(=O)NC(Cc1ccccc1)C(=O)Nc1ccc(Cl)c(C(F)(F)F)c1. The average Bonchev–Trinajstić information content (AvgIpc) is 2.62. The van der Waals surface area contributed by atoms with Crippen LogP contribution in [-0.4, -0.2) is 25.2 Å². The number of amides is 2. The summed E-state index contributed by atoms with van der Waals surface area (Å²) in [4.78, 5) is 24.0. The van der Waals surface area contributed by atoms with Crippen molar-refractivity contribution in [2.24, 2.45) is 0 Å². The highest BCUT2D eigenvalue weighted by Gasteiger charge is 2.33. The Kier molecular flexibility index (Phi) is 6.68. The van der Waals surface area contributed by atoms with Gasteiger partial charge in [-0.2, -0.15) is 13.2 Å². The molecule has 0 saturated heterocycles. The van der Waals surface area contributed by atoms with Crippen LogP contribution >= 0.6 is 11.6 Å². The number of ether oxygens (including phenoxy) is 1. The third kappa shape index (κ3) is 5.89. The molecule has 2 aromatic carbocycles. The fourth-order valence-electron chi connectivity index (χ4n) is 2.31. The molecule has 0 spiro atoms. The Bertz CT molecular complexity index is 813. The fourth-order valence-corrected chi connectivity index (χ4v) is 2.53. The minimum Gasteiger partial charge on any atom is -0.453 e. The summed E-state index contributed by atoms with van der Waals surface area (Å²) in [5, 5.41) is 4.26. The number of alkyl halides is 3. The Morgan fingerprint density at radius 1 is 1.15 bits per heavy atom. The van der Waals surface area contributed by atoms with Gasteiger partial charge in [0, 0.05) is 12.1 Å². The largest absolute Gasteiger partial charge is 0.453 e. The molecule has 0 aliphatic rings. The Balaban J connectivity index is 2.21. The molecule has 0 fully saturated rings. The predicted molar refractivity (Wildman–Crippen MR) is 94.6 cm³/mol. The van der Waals surface area contributed by atoms with Gasteiger partial charge in [0.05, 0.1) is 17.7 Å². The van der Waals surface area contributed by atoms with E-state index in [1.165, 1.54) is 6.07 Å². The first kappa shape index (κ1) is 20.6. The molecule has 0 bridgehead atoms. The van der Waals surface area contributed by atoms with Gasteiger partial charge in [-0.25, -0.2) is 4.79 Å². The summed E-state index contributed by atoms with van der Waals surface area (Å²) < 4.78 is 43.4. The van der Waals surface area contributed by atoms with E-state index in [2.05, 4.69) is 15.4 Å². The van der Waals surface area contributed by atoms with Crippen LogP contribution in [0.1, 0.15) is 11.1 Å². The number of anilines is 1. The molecule has 0 aliphatic carbocycles. The first-order valence-corrected chi connectivity index (χ1v) is 8.14. The van der Waals surface area contributed by atoms with E-state index in [0.717, 1.165) is 24.8 Å². The minimum atomic E-state index is -4.66. The van der Waals surface area contributed by atoms with Crippen LogP contribution in [0.25, 0.3) is 0 Å². The van der Waals surface area contributed by atoms with Gasteiger partial charge in [-0.15, -0.1) is 0 Å². The maximum atomic E-state index is 13.0. The van der Waals surface area contributed by atoms with Gasteiger partial charge in [-0.05, 0) is 23.8 Å². The van der Waals surface area contributed by atoms with Gasteiger partial charge in [-0.3, -0.25) is 4.79 Å². The summed E-state index contributed by atoms with van der Waals surface area (Å²) in [7, 11) is 1.14. The molecule has 1 unspecified atom stereocenters. The summed E-state index contributed by atoms with van der Waals surface area (Å²) in [6.07, 6.45) is -5.37. The van der Waals surface area contributed by atoms with Crippen molar-refractivity contribution in [3.05, 3.63) is 64.7 Å². The molecule has 9 heteroatoms. The number of nitrogens with one attached hydrogen (secondary N) is 2. The molecular weight excluding hydrogens is 385 g/mol. The number of benzene rings is 2. The molecule has 0 saturated carbocycles. The van der Waals surface area contributed by atoms with Gasteiger partial charge >= 0.3 is 12.3 Å². The summed E-state index contributed by atoms with van der Waals surface area (Å²) in [6, 6.07) is 10.8. The Labute approximate surface area is 158 Å². The van der Waals surface area contributed by atoms with E-state index >= 15 is 0 Å². The molecule has 2 rings (SSSR count). The van der Waals surface area contributed by atoms with Crippen LogP contribution in [0.4, 0.5) is 23.7 Å². The molecule has 5 nitrogen and oxygen atoms in total. The highest BCUT2D eigenvalue weighted by atomic mass is 35.5. The number of halogens is 4. The van der Waals surface area contributed by atoms with Crippen LogP contribution in [0, 0.1) is 0 Å². The van der Waals surface area contributed by atoms with Crippen molar-refractivity contribution in [1.29, 1.82) is 0 Å². The lowest BCUT2D eigenvalue weighted by molar-refractivity contribution is -0.137. The molecule has 0 heterocycles. The van der Waals surface area contributed by atoms with Gasteiger partial charge in [0.15, 0.2) is 0 Å². The molecule has 1 atom stereocenters. The summed E-state index contributed by atoms with van der Waals surface area (Å²) in [5.74, 6) is -0.695. The first-order valence-electron chi connectivity index (χ1n) is 7.76. The van der Waals surface area contributed by atoms with Crippen molar-refractivity contribution in [2.45, 2.75) is 18.6 Å². The zero-order valence-electron chi connectivity index (χ0n) is 14.1. The topological polar surface area (TPSA) is 67.4 Å². The number of carbonyl (C=O) groups is 2. The van der Waals surface area contributed by atoms with E-state index in [-0.39, 0.29) is 12.1 Å². The number of hydrogen-bond acceptors (Lipinski definition) is 3. The Morgan fingerprint density at radius 3 is 2.41 bits per heavy atom. The van der Waals surface area contributed by atoms with E-state index in [1.54, 1.807) is 30.3 Å². The van der Waals surface area contributed by atoms with Crippen molar-refractivity contribution in [3.63, 3.8) is 0 Å². The lowest BCUT2D eigenvalue weighted by atomic mass is 10.1. The van der Waals surface area contributed by atoms with Crippen molar-refractivity contribution >= 4 is 29.3 Å². The maximum absolute atomic E-state index is 13.0. The zero-order valence-corrected chi connectivity index (χ0v) is 14.9. The molecule has 2 N–H and O–H groups in total. The van der Waals surface area contributed by atoms with Crippen molar-refractivity contribution in [3.8, 4) is 0 Å². The normalized spacial score (nSPS) is 12.2. The second-order valence-electron chi connectivity index (χ2n) is 5.56. The third-order valence-electron chi connectivity index (χ3n) is 3.62. The second kappa shape index (κ2) is 8.77. The highest BCUT2D eigenvalue weighted by Crippen LogP contribution is 2.36. The van der Waals surface area contributed by atoms with Crippen LogP contribution in [-0.2, 0) is 22.1 Å². The van der Waals surface area contributed by atoms with Gasteiger partial charge in [-0.1, -0.05) is 41.9 Å². The summed E-state index contributed by atoms with van der Waals surface area (Å²) in [5.41, 5.74) is -0.412. The van der Waals surface area contributed by atoms with Crippen LogP contribution in [0.2, 0.25) is 5.02 Å². The quantitative estimate of drug-likeness (QED) is 0.787. The van der Waals surface area contributed by atoms with Crippen molar-refractivity contribution in [2.75, 3.05) is 12.4 Å². The van der Waals surface area contributed by atoms with Crippen LogP contribution < -0.4 is 10.6 Å². The van der Waals surface area contributed by atoms with Crippen molar-refractivity contribution in [1.82, 2.24) is 5.32 Å². The predicted octanol–water partition coefficient (Wildman–Crippen LogP) is 4.26. The Morgan fingerprint density at radius 2 is 1.81 bits per heavy atom. The van der Waals surface area contributed by atoms with E-state index in [1.807, 2.05) is 0 Å². The molecule has 27 heavy (non-hydrogen) atoms. The zero-order chi connectivity index (χ0) is 20.0. The first-order chi connectivity index (χ1) is 12.7. The molecule has 0 aliphatic heterocycles. The van der Waals surface area contributed by atoms with Gasteiger partial charge in [0.25, 0.3) is 0 Å². The average molecular weight is 401 g/mol. The molecule has 144 valence electrons. The molecule has 2 amide bonds. The standard InChI is InChI=1S/C18H16ClF3N2O3/c1-27-17(26)24-15(9-11-5-3-2-4-6-11)16(25)23-12-7-8-14(19)13(10-12)18(20,21)22/h2-8,10,15H,9H2,1H3,(H,23,25)(H,24,26). The van der Waals surface area contributed by atoms with E-state index < -0.39 is 34.8 Å². The number of hydrogen-bond donors (Lipinski definition) is 2. The molecule has 2 aromatic rings. The lowest BCUT2D eigenvalue weighted by Crippen LogP contribution is -2.45. The van der Waals surface area contributed by atoms with Crippen LogP contribution in [0.5, 0.6) is 0 Å². The highest BCUT2D eigenvalue weighted by molar-refractivity contribution is 6.31. The smallest absolute Gasteiger partial charge is 0.417 e. The summed E-state index contributed by atoms with van der Waals surface area (Å²) >= 11 is 5.57. The number of carbonyl (C=O) groups excluding carboxylic acids is 2. The fraction of sp³-hybridized carbons (Fsp3) is 0.222. The number of alkyl carbamates (subject to hydrolysis) is 1. The van der Waals surface area contributed by atoms with Crippen molar-refractivity contribution < 1.29 is 27.5 Å².